The second kappa shape index (κ2) is 4.77. The molecule has 82 valence electrons. The lowest BCUT2D eigenvalue weighted by Gasteiger charge is -2.27. The molecule has 0 radical (unpaired) electrons. The molecule has 0 amide bonds. The van der Waals surface area contributed by atoms with Gasteiger partial charge >= 0.3 is 0 Å². The molecule has 2 N–H and O–H groups in total. The van der Waals surface area contributed by atoms with E-state index in [1.54, 1.807) is 0 Å². The van der Waals surface area contributed by atoms with Gasteiger partial charge in [0, 0.05) is 0 Å². The van der Waals surface area contributed by atoms with Gasteiger partial charge in [-0.15, -0.1) is 0 Å². The van der Waals surface area contributed by atoms with Crippen molar-refractivity contribution in [2.75, 3.05) is 6.54 Å². The Labute approximate surface area is 91.3 Å². The Bertz CT molecular complexity index is 307. The van der Waals surface area contributed by atoms with Gasteiger partial charge in [-0.2, -0.15) is 0 Å². The Morgan fingerprint density at radius 2 is 2.07 bits per heavy atom. The fraction of sp³-hybridized carbons (Fsp3) is 0.538. The van der Waals surface area contributed by atoms with E-state index in [-0.39, 0.29) is 6.23 Å². The maximum Gasteiger partial charge on any atom is 0.105 e. The lowest BCUT2D eigenvalue weighted by atomic mass is 9.90. The molecule has 1 aromatic rings. The highest BCUT2D eigenvalue weighted by atomic mass is 16.3. The van der Waals surface area contributed by atoms with Crippen LogP contribution in [0.1, 0.15) is 24.0 Å². The lowest BCUT2D eigenvalue weighted by Crippen LogP contribution is -2.38. The second-order valence-corrected chi connectivity index (χ2v) is 4.55. The smallest absolute Gasteiger partial charge is 0.105 e. The van der Waals surface area contributed by atoms with Gasteiger partial charge in [0.1, 0.15) is 6.23 Å². The molecule has 1 saturated heterocycles. The number of nitrogens with one attached hydrogen (secondary N) is 1. The van der Waals surface area contributed by atoms with E-state index in [0.717, 1.165) is 19.4 Å². The molecular formula is C13H19NO. The first kappa shape index (κ1) is 10.7. The summed E-state index contributed by atoms with van der Waals surface area (Å²) in [5, 5.41) is 12.6. The second-order valence-electron chi connectivity index (χ2n) is 4.55. The van der Waals surface area contributed by atoms with Crippen LogP contribution in [0.2, 0.25) is 0 Å². The van der Waals surface area contributed by atoms with Gasteiger partial charge in [0.25, 0.3) is 0 Å². The molecule has 0 spiro atoms. The lowest BCUT2D eigenvalue weighted by molar-refractivity contribution is 0.0811. The predicted molar refractivity (Wildman–Crippen MR) is 61.6 cm³/mol. The molecule has 1 fully saturated rings. The molecule has 0 bridgehead atoms. The summed E-state index contributed by atoms with van der Waals surface area (Å²) in [6.07, 6.45) is 2.85. The molecular weight excluding hydrogens is 186 g/mol. The topological polar surface area (TPSA) is 32.3 Å². The van der Waals surface area contributed by atoms with Crippen LogP contribution in [0.25, 0.3) is 0 Å². The monoisotopic (exact) mass is 205 g/mol. The molecule has 0 saturated carbocycles. The number of rotatable bonds is 2. The maximum absolute atomic E-state index is 9.49. The number of aliphatic hydroxyl groups is 1. The van der Waals surface area contributed by atoms with Crippen molar-refractivity contribution in [1.82, 2.24) is 5.32 Å². The summed E-state index contributed by atoms with van der Waals surface area (Å²) in [4.78, 5) is 0. The molecule has 1 heterocycles. The van der Waals surface area contributed by atoms with Gasteiger partial charge in [-0.1, -0.05) is 29.8 Å². The average molecular weight is 205 g/mol. The Morgan fingerprint density at radius 1 is 1.33 bits per heavy atom. The van der Waals surface area contributed by atoms with E-state index < -0.39 is 0 Å². The first-order chi connectivity index (χ1) is 7.24. The zero-order valence-corrected chi connectivity index (χ0v) is 9.24. The van der Waals surface area contributed by atoms with Crippen molar-refractivity contribution >= 4 is 0 Å². The van der Waals surface area contributed by atoms with Gasteiger partial charge in [-0.25, -0.2) is 0 Å². The maximum atomic E-state index is 9.49. The average Bonchev–Trinajstić information content (AvgIpc) is 2.22. The van der Waals surface area contributed by atoms with Crippen LogP contribution in [0.15, 0.2) is 24.3 Å². The minimum atomic E-state index is -0.297. The minimum Gasteiger partial charge on any atom is -0.379 e. The van der Waals surface area contributed by atoms with Crippen LogP contribution in [-0.2, 0) is 6.42 Å². The van der Waals surface area contributed by atoms with Crippen LogP contribution in [0.4, 0.5) is 0 Å². The van der Waals surface area contributed by atoms with E-state index in [0.29, 0.717) is 5.92 Å². The highest BCUT2D eigenvalue weighted by Crippen LogP contribution is 2.20. The van der Waals surface area contributed by atoms with Crippen molar-refractivity contribution in [3.63, 3.8) is 0 Å². The van der Waals surface area contributed by atoms with E-state index in [1.165, 1.54) is 17.5 Å². The Kier molecular flexibility index (Phi) is 3.39. The summed E-state index contributed by atoms with van der Waals surface area (Å²) in [5.41, 5.74) is 2.70. The third-order valence-corrected chi connectivity index (χ3v) is 3.13. The largest absolute Gasteiger partial charge is 0.379 e. The normalized spacial score (nSPS) is 26.5. The molecule has 2 nitrogen and oxygen atoms in total. The Morgan fingerprint density at radius 3 is 2.73 bits per heavy atom. The van der Waals surface area contributed by atoms with E-state index >= 15 is 0 Å². The number of benzene rings is 1. The van der Waals surface area contributed by atoms with Crippen molar-refractivity contribution < 1.29 is 5.11 Å². The highest BCUT2D eigenvalue weighted by Gasteiger charge is 2.19. The van der Waals surface area contributed by atoms with Crippen molar-refractivity contribution in [1.29, 1.82) is 0 Å². The highest BCUT2D eigenvalue weighted by molar-refractivity contribution is 5.21. The minimum absolute atomic E-state index is 0.297. The van der Waals surface area contributed by atoms with E-state index in [2.05, 4.69) is 36.5 Å². The van der Waals surface area contributed by atoms with Gasteiger partial charge in [0.2, 0.25) is 0 Å². The van der Waals surface area contributed by atoms with Crippen LogP contribution in [0.3, 0.4) is 0 Å². The van der Waals surface area contributed by atoms with Crippen molar-refractivity contribution in [3.8, 4) is 0 Å². The molecule has 1 aliphatic heterocycles. The first-order valence-electron chi connectivity index (χ1n) is 5.71. The van der Waals surface area contributed by atoms with Gasteiger partial charge in [-0.05, 0) is 44.2 Å². The molecule has 15 heavy (non-hydrogen) atoms. The molecule has 2 atom stereocenters. The van der Waals surface area contributed by atoms with Gasteiger partial charge < -0.3 is 5.11 Å². The molecule has 2 heteroatoms. The summed E-state index contributed by atoms with van der Waals surface area (Å²) in [6, 6.07) is 8.72. The SMILES string of the molecule is Cc1ccc(CC2CCNC(O)C2)cc1. The molecule has 2 unspecified atom stereocenters. The number of hydrogen-bond donors (Lipinski definition) is 2. The zero-order valence-electron chi connectivity index (χ0n) is 9.24. The summed E-state index contributed by atoms with van der Waals surface area (Å²) >= 11 is 0. The van der Waals surface area contributed by atoms with Crippen molar-refractivity contribution in [2.45, 2.75) is 32.4 Å². The number of piperidine rings is 1. The summed E-state index contributed by atoms with van der Waals surface area (Å²) in [7, 11) is 0. The third-order valence-electron chi connectivity index (χ3n) is 3.13. The summed E-state index contributed by atoms with van der Waals surface area (Å²) in [5.74, 6) is 0.629. The van der Waals surface area contributed by atoms with Crippen LogP contribution in [0.5, 0.6) is 0 Å². The zero-order chi connectivity index (χ0) is 10.7. The first-order valence-corrected chi connectivity index (χ1v) is 5.71. The summed E-state index contributed by atoms with van der Waals surface area (Å²) < 4.78 is 0. The number of hydrogen-bond acceptors (Lipinski definition) is 2. The van der Waals surface area contributed by atoms with Crippen LogP contribution in [0, 0.1) is 12.8 Å². The van der Waals surface area contributed by atoms with Crippen molar-refractivity contribution in [2.24, 2.45) is 5.92 Å². The van der Waals surface area contributed by atoms with Crippen LogP contribution >= 0.6 is 0 Å². The standard InChI is InChI=1S/C13H19NO/c1-10-2-4-11(5-3-10)8-12-6-7-14-13(15)9-12/h2-5,12-15H,6-9H2,1H3. The quantitative estimate of drug-likeness (QED) is 0.772. The Hall–Kier alpha value is -0.860. The van der Waals surface area contributed by atoms with Gasteiger partial charge in [0.15, 0.2) is 0 Å². The molecule has 0 aromatic heterocycles. The van der Waals surface area contributed by atoms with E-state index in [1.807, 2.05) is 0 Å². The van der Waals surface area contributed by atoms with E-state index in [4.69, 9.17) is 0 Å². The molecule has 2 rings (SSSR count). The number of aryl methyl sites for hydroxylation is 1. The van der Waals surface area contributed by atoms with E-state index in [9.17, 15) is 5.11 Å². The molecule has 0 aliphatic carbocycles. The van der Waals surface area contributed by atoms with Crippen LogP contribution in [-0.4, -0.2) is 17.9 Å². The predicted octanol–water partition coefficient (Wildman–Crippen LogP) is 1.86. The van der Waals surface area contributed by atoms with Gasteiger partial charge in [-0.3, -0.25) is 5.32 Å². The number of aliphatic hydroxyl groups excluding tert-OH is 1. The van der Waals surface area contributed by atoms with Gasteiger partial charge in [0.05, 0.1) is 0 Å². The summed E-state index contributed by atoms with van der Waals surface area (Å²) in [6.45, 7) is 3.05. The van der Waals surface area contributed by atoms with Crippen LogP contribution < -0.4 is 5.32 Å². The third kappa shape index (κ3) is 3.05. The molecule has 1 aromatic carbocycles. The fourth-order valence-electron chi connectivity index (χ4n) is 2.21. The molecule has 1 aliphatic rings. The fourth-order valence-corrected chi connectivity index (χ4v) is 2.21. The Balaban J connectivity index is 1.93. The van der Waals surface area contributed by atoms with Crippen molar-refractivity contribution in [3.05, 3.63) is 35.4 Å².